The van der Waals surface area contributed by atoms with Gasteiger partial charge in [0.1, 0.15) is 0 Å². The third-order valence-corrected chi connectivity index (χ3v) is 3.80. The number of anilines is 1. The van der Waals surface area contributed by atoms with Crippen LogP contribution in [-0.2, 0) is 11.3 Å². The summed E-state index contributed by atoms with van der Waals surface area (Å²) >= 11 is 0. The first kappa shape index (κ1) is 15.8. The van der Waals surface area contributed by atoms with E-state index in [9.17, 15) is 4.79 Å². The second-order valence-corrected chi connectivity index (χ2v) is 5.50. The highest BCUT2D eigenvalue weighted by molar-refractivity contribution is 5.92. The molecular formula is C21H19NO2. The Morgan fingerprint density at radius 1 is 0.875 bits per heavy atom. The van der Waals surface area contributed by atoms with Crippen molar-refractivity contribution < 1.29 is 9.53 Å². The zero-order valence-electron chi connectivity index (χ0n) is 13.5. The summed E-state index contributed by atoms with van der Waals surface area (Å²) in [5.41, 5.74) is 4.65. The van der Waals surface area contributed by atoms with E-state index in [4.69, 9.17) is 4.74 Å². The monoisotopic (exact) mass is 317 g/mol. The van der Waals surface area contributed by atoms with Crippen LogP contribution < -0.4 is 5.32 Å². The Morgan fingerprint density at radius 2 is 1.54 bits per heavy atom. The number of rotatable bonds is 5. The molecule has 0 aliphatic heterocycles. The molecule has 0 aromatic heterocycles. The number of methoxy groups -OCH3 is 1. The maximum atomic E-state index is 12.0. The van der Waals surface area contributed by atoms with Gasteiger partial charge in [-0.2, -0.15) is 0 Å². The molecule has 0 aliphatic rings. The van der Waals surface area contributed by atoms with E-state index >= 15 is 0 Å². The molecule has 0 amide bonds. The number of ether oxygens (including phenoxy) is 1. The highest BCUT2D eigenvalue weighted by atomic mass is 16.5. The van der Waals surface area contributed by atoms with Crippen LogP contribution in [0, 0.1) is 0 Å². The Bertz CT molecular complexity index is 814. The summed E-state index contributed by atoms with van der Waals surface area (Å²) in [5.74, 6) is -0.337. The van der Waals surface area contributed by atoms with E-state index in [0.717, 1.165) is 16.8 Å². The molecule has 0 radical (unpaired) electrons. The molecule has 0 spiro atoms. The van der Waals surface area contributed by atoms with Crippen molar-refractivity contribution in [1.82, 2.24) is 0 Å². The molecule has 0 atom stereocenters. The molecule has 3 rings (SSSR count). The van der Waals surface area contributed by atoms with Gasteiger partial charge in [0.15, 0.2) is 0 Å². The predicted octanol–water partition coefficient (Wildman–Crippen LogP) is 4.75. The summed E-state index contributed by atoms with van der Waals surface area (Å²) < 4.78 is 4.88. The number of nitrogens with one attached hydrogen (secondary N) is 1. The van der Waals surface area contributed by atoms with Gasteiger partial charge in [-0.15, -0.1) is 0 Å². The van der Waals surface area contributed by atoms with Crippen LogP contribution in [0.2, 0.25) is 0 Å². The molecule has 3 heteroatoms. The Hall–Kier alpha value is -3.07. The van der Waals surface area contributed by atoms with E-state index in [0.29, 0.717) is 12.1 Å². The molecule has 3 aromatic rings. The second kappa shape index (κ2) is 7.47. The lowest BCUT2D eigenvalue weighted by atomic mass is 10.0. The fourth-order valence-electron chi connectivity index (χ4n) is 2.56. The SMILES string of the molecule is COC(=O)c1cc(NCc2ccccc2)cc(-c2ccccc2)c1. The van der Waals surface area contributed by atoms with E-state index in [-0.39, 0.29) is 5.97 Å². The van der Waals surface area contributed by atoms with Crippen LogP contribution >= 0.6 is 0 Å². The van der Waals surface area contributed by atoms with E-state index < -0.39 is 0 Å². The molecule has 0 unspecified atom stereocenters. The fraction of sp³-hybridized carbons (Fsp3) is 0.0952. The Kier molecular flexibility index (Phi) is 4.92. The normalized spacial score (nSPS) is 10.2. The van der Waals surface area contributed by atoms with Crippen molar-refractivity contribution in [3.63, 3.8) is 0 Å². The van der Waals surface area contributed by atoms with E-state index in [1.807, 2.05) is 66.7 Å². The smallest absolute Gasteiger partial charge is 0.337 e. The van der Waals surface area contributed by atoms with Gasteiger partial charge in [-0.25, -0.2) is 4.79 Å². The number of benzene rings is 3. The highest BCUT2D eigenvalue weighted by Gasteiger charge is 2.10. The van der Waals surface area contributed by atoms with Gasteiger partial charge in [-0.1, -0.05) is 60.7 Å². The van der Waals surface area contributed by atoms with Gasteiger partial charge < -0.3 is 10.1 Å². The molecule has 0 fully saturated rings. The standard InChI is InChI=1S/C21H19NO2/c1-24-21(23)19-12-18(17-10-6-3-7-11-17)13-20(14-19)22-15-16-8-4-2-5-9-16/h2-14,22H,15H2,1H3. The van der Waals surface area contributed by atoms with Crippen LogP contribution in [0.4, 0.5) is 5.69 Å². The zero-order chi connectivity index (χ0) is 16.8. The van der Waals surface area contributed by atoms with Gasteiger partial charge in [0.05, 0.1) is 12.7 Å². The first-order chi connectivity index (χ1) is 11.8. The average Bonchev–Trinajstić information content (AvgIpc) is 2.67. The molecule has 3 aromatic carbocycles. The van der Waals surface area contributed by atoms with E-state index in [1.54, 1.807) is 0 Å². The molecule has 1 N–H and O–H groups in total. The van der Waals surface area contributed by atoms with Crippen LogP contribution in [-0.4, -0.2) is 13.1 Å². The van der Waals surface area contributed by atoms with Gasteiger partial charge in [0, 0.05) is 12.2 Å². The van der Waals surface area contributed by atoms with Crippen LogP contribution in [0.15, 0.2) is 78.9 Å². The maximum absolute atomic E-state index is 12.0. The van der Waals surface area contributed by atoms with E-state index in [2.05, 4.69) is 17.4 Å². The van der Waals surface area contributed by atoms with Gasteiger partial charge >= 0.3 is 5.97 Å². The minimum Gasteiger partial charge on any atom is -0.465 e. The van der Waals surface area contributed by atoms with Crippen molar-refractivity contribution in [3.05, 3.63) is 90.0 Å². The van der Waals surface area contributed by atoms with Crippen LogP contribution in [0.3, 0.4) is 0 Å². The predicted molar refractivity (Wildman–Crippen MR) is 97.0 cm³/mol. The lowest BCUT2D eigenvalue weighted by molar-refractivity contribution is 0.0601. The summed E-state index contributed by atoms with van der Waals surface area (Å²) in [5, 5.41) is 3.38. The summed E-state index contributed by atoms with van der Waals surface area (Å²) in [6.45, 7) is 0.694. The topological polar surface area (TPSA) is 38.3 Å². The number of carbonyl (C=O) groups excluding carboxylic acids is 1. The summed E-state index contributed by atoms with van der Waals surface area (Å²) in [4.78, 5) is 12.0. The van der Waals surface area contributed by atoms with Gasteiger partial charge in [0.25, 0.3) is 0 Å². The van der Waals surface area contributed by atoms with Crippen molar-refractivity contribution in [1.29, 1.82) is 0 Å². The Labute approximate surface area is 141 Å². The molecule has 120 valence electrons. The Balaban J connectivity index is 1.91. The van der Waals surface area contributed by atoms with Gasteiger partial charge in [0.2, 0.25) is 0 Å². The third-order valence-electron chi connectivity index (χ3n) is 3.80. The largest absolute Gasteiger partial charge is 0.465 e. The lowest BCUT2D eigenvalue weighted by Gasteiger charge is -2.11. The maximum Gasteiger partial charge on any atom is 0.337 e. The quantitative estimate of drug-likeness (QED) is 0.690. The first-order valence-electron chi connectivity index (χ1n) is 7.83. The van der Waals surface area contributed by atoms with Crippen LogP contribution in [0.1, 0.15) is 15.9 Å². The minimum atomic E-state index is -0.337. The van der Waals surface area contributed by atoms with Crippen LogP contribution in [0.5, 0.6) is 0 Å². The minimum absolute atomic E-state index is 0.337. The van der Waals surface area contributed by atoms with Crippen LogP contribution in [0.25, 0.3) is 11.1 Å². The van der Waals surface area contributed by atoms with Crippen molar-refractivity contribution >= 4 is 11.7 Å². The second-order valence-electron chi connectivity index (χ2n) is 5.50. The lowest BCUT2D eigenvalue weighted by Crippen LogP contribution is -2.05. The fourth-order valence-corrected chi connectivity index (χ4v) is 2.56. The number of hydrogen-bond acceptors (Lipinski definition) is 3. The van der Waals surface area contributed by atoms with Crippen molar-refractivity contribution in [2.24, 2.45) is 0 Å². The summed E-state index contributed by atoms with van der Waals surface area (Å²) in [6.07, 6.45) is 0. The summed E-state index contributed by atoms with van der Waals surface area (Å²) in [6, 6.07) is 25.9. The summed E-state index contributed by atoms with van der Waals surface area (Å²) in [7, 11) is 1.40. The molecule has 0 aliphatic carbocycles. The van der Waals surface area contributed by atoms with Crippen molar-refractivity contribution in [2.45, 2.75) is 6.54 Å². The highest BCUT2D eigenvalue weighted by Crippen LogP contribution is 2.25. The first-order valence-corrected chi connectivity index (χ1v) is 7.83. The molecule has 0 saturated heterocycles. The molecule has 3 nitrogen and oxygen atoms in total. The van der Waals surface area contributed by atoms with Crippen molar-refractivity contribution in [2.75, 3.05) is 12.4 Å². The number of esters is 1. The molecule has 0 heterocycles. The Morgan fingerprint density at radius 3 is 2.21 bits per heavy atom. The molecular weight excluding hydrogens is 298 g/mol. The molecule has 0 bridgehead atoms. The molecule has 24 heavy (non-hydrogen) atoms. The van der Waals surface area contributed by atoms with E-state index in [1.165, 1.54) is 12.7 Å². The number of carbonyl (C=O) groups is 1. The average molecular weight is 317 g/mol. The zero-order valence-corrected chi connectivity index (χ0v) is 13.5. The van der Waals surface area contributed by atoms with Crippen molar-refractivity contribution in [3.8, 4) is 11.1 Å². The third kappa shape index (κ3) is 3.82. The van der Waals surface area contributed by atoms with Gasteiger partial charge in [-0.05, 0) is 34.9 Å². The molecule has 0 saturated carbocycles. The van der Waals surface area contributed by atoms with Gasteiger partial charge in [-0.3, -0.25) is 0 Å². The number of hydrogen-bond donors (Lipinski definition) is 1.